The van der Waals surface area contributed by atoms with E-state index in [0.717, 1.165) is 5.69 Å². The lowest BCUT2D eigenvalue weighted by atomic mass is 10.2. The number of hydrogen-bond acceptors (Lipinski definition) is 4. The van der Waals surface area contributed by atoms with Crippen LogP contribution in [-0.2, 0) is 17.9 Å². The van der Waals surface area contributed by atoms with Gasteiger partial charge >= 0.3 is 0 Å². The van der Waals surface area contributed by atoms with Gasteiger partial charge in [-0.05, 0) is 5.56 Å². The van der Waals surface area contributed by atoms with Gasteiger partial charge in [0.05, 0.1) is 38.4 Å². The van der Waals surface area contributed by atoms with E-state index < -0.39 is 0 Å². The molecule has 1 aromatic carbocycles. The summed E-state index contributed by atoms with van der Waals surface area (Å²) in [7, 11) is 0. The minimum Gasteiger partial charge on any atom is -0.374 e. The molecule has 0 bridgehead atoms. The van der Waals surface area contributed by atoms with E-state index in [0.29, 0.717) is 26.2 Å². The van der Waals surface area contributed by atoms with Crippen molar-refractivity contribution < 1.29 is 4.74 Å². The lowest BCUT2D eigenvalue weighted by Crippen LogP contribution is -1.99. The summed E-state index contributed by atoms with van der Waals surface area (Å²) in [4.78, 5) is 0. The van der Waals surface area contributed by atoms with Crippen LogP contribution in [0.15, 0.2) is 36.5 Å². The Balaban J connectivity index is 1.85. The van der Waals surface area contributed by atoms with Crippen LogP contribution in [-0.4, -0.2) is 21.6 Å². The summed E-state index contributed by atoms with van der Waals surface area (Å²) in [5, 5.41) is 16.4. The Morgan fingerprint density at radius 2 is 2.11 bits per heavy atom. The summed E-state index contributed by atoms with van der Waals surface area (Å²) < 4.78 is 7.06. The zero-order valence-corrected chi connectivity index (χ0v) is 9.99. The summed E-state index contributed by atoms with van der Waals surface area (Å²) in [5.41, 5.74) is 1.96. The van der Waals surface area contributed by atoms with Crippen molar-refractivity contribution in [1.29, 1.82) is 5.26 Å². The molecule has 18 heavy (non-hydrogen) atoms. The zero-order valence-electron chi connectivity index (χ0n) is 9.99. The van der Waals surface area contributed by atoms with Crippen molar-refractivity contribution in [3.8, 4) is 6.07 Å². The maximum Gasteiger partial charge on any atom is 0.108 e. The van der Waals surface area contributed by atoms with E-state index in [4.69, 9.17) is 10.00 Å². The molecule has 1 heterocycles. The van der Waals surface area contributed by atoms with Crippen LogP contribution in [0, 0.1) is 11.3 Å². The van der Waals surface area contributed by atoms with Gasteiger partial charge in [0.2, 0.25) is 0 Å². The first-order chi connectivity index (χ1) is 8.88. The van der Waals surface area contributed by atoms with Gasteiger partial charge in [-0.15, -0.1) is 5.10 Å². The second-order valence-electron chi connectivity index (χ2n) is 3.85. The average molecular weight is 242 g/mol. The maximum absolute atomic E-state index is 8.37. The summed E-state index contributed by atoms with van der Waals surface area (Å²) >= 11 is 0. The smallest absolute Gasteiger partial charge is 0.108 e. The van der Waals surface area contributed by atoms with Crippen molar-refractivity contribution >= 4 is 0 Å². The van der Waals surface area contributed by atoms with Gasteiger partial charge in [0, 0.05) is 0 Å². The molecule has 92 valence electrons. The highest BCUT2D eigenvalue weighted by Crippen LogP contribution is 2.03. The zero-order chi connectivity index (χ0) is 12.6. The number of ether oxygens (including phenoxy) is 1. The fourth-order valence-electron chi connectivity index (χ4n) is 1.55. The molecule has 0 aliphatic carbocycles. The van der Waals surface area contributed by atoms with Crippen molar-refractivity contribution in [3.05, 3.63) is 47.8 Å². The Kier molecular flexibility index (Phi) is 4.45. The summed E-state index contributed by atoms with van der Waals surface area (Å²) in [6, 6.07) is 12.1. The van der Waals surface area contributed by atoms with Gasteiger partial charge in [0.15, 0.2) is 0 Å². The average Bonchev–Trinajstić information content (AvgIpc) is 2.84. The molecule has 0 saturated heterocycles. The number of hydrogen-bond donors (Lipinski definition) is 0. The van der Waals surface area contributed by atoms with E-state index in [9.17, 15) is 0 Å². The molecule has 0 radical (unpaired) electrons. The number of nitriles is 1. The molecule has 0 aliphatic rings. The predicted octanol–water partition coefficient (Wildman–Crippen LogP) is 1.76. The van der Waals surface area contributed by atoms with Crippen LogP contribution in [0.3, 0.4) is 0 Å². The molecule has 5 heteroatoms. The normalized spacial score (nSPS) is 10.2. The van der Waals surface area contributed by atoms with Crippen molar-refractivity contribution in [2.24, 2.45) is 0 Å². The molecule has 0 saturated carbocycles. The van der Waals surface area contributed by atoms with Gasteiger partial charge in [-0.1, -0.05) is 35.5 Å². The molecule has 0 aliphatic heterocycles. The van der Waals surface area contributed by atoms with E-state index in [1.54, 1.807) is 4.68 Å². The molecule has 5 nitrogen and oxygen atoms in total. The van der Waals surface area contributed by atoms with E-state index in [1.807, 2.05) is 42.6 Å². The number of nitrogens with zero attached hydrogens (tertiary/aromatic N) is 4. The summed E-state index contributed by atoms with van der Waals surface area (Å²) in [5.74, 6) is 0. The quantitative estimate of drug-likeness (QED) is 0.724. The van der Waals surface area contributed by atoms with Crippen molar-refractivity contribution in [2.45, 2.75) is 19.6 Å². The van der Waals surface area contributed by atoms with Gasteiger partial charge in [-0.2, -0.15) is 5.26 Å². The third-order valence-electron chi connectivity index (χ3n) is 2.38. The standard InChI is InChI=1S/C13H14N4O/c14-7-4-8-18-11-13-10-17(16-15-13)9-12-5-2-1-3-6-12/h1-3,5-6,10H,4,8-9,11H2. The fraction of sp³-hybridized carbons (Fsp3) is 0.308. The Morgan fingerprint density at radius 3 is 2.89 bits per heavy atom. The number of benzene rings is 1. The monoisotopic (exact) mass is 242 g/mol. The summed E-state index contributed by atoms with van der Waals surface area (Å²) in [6.07, 6.45) is 2.26. The maximum atomic E-state index is 8.37. The van der Waals surface area contributed by atoms with Gasteiger partial charge in [-0.3, -0.25) is 0 Å². The highest BCUT2D eigenvalue weighted by molar-refractivity contribution is 5.14. The lowest BCUT2D eigenvalue weighted by molar-refractivity contribution is 0.123. The third-order valence-corrected chi connectivity index (χ3v) is 2.38. The topological polar surface area (TPSA) is 63.7 Å². The molecule has 0 amide bonds. The van der Waals surface area contributed by atoms with Crippen LogP contribution < -0.4 is 0 Å². The SMILES string of the molecule is N#CCCOCc1cn(Cc2ccccc2)nn1. The van der Waals surface area contributed by atoms with E-state index in [2.05, 4.69) is 10.3 Å². The molecule has 1 aromatic heterocycles. The molecule has 0 unspecified atom stereocenters. The van der Waals surface area contributed by atoms with E-state index in [-0.39, 0.29) is 0 Å². The second-order valence-corrected chi connectivity index (χ2v) is 3.85. The summed E-state index contributed by atoms with van der Waals surface area (Å²) in [6.45, 7) is 1.53. The largest absolute Gasteiger partial charge is 0.374 e. The minimum absolute atomic E-state index is 0.399. The third kappa shape index (κ3) is 3.68. The number of rotatable bonds is 6. The van der Waals surface area contributed by atoms with Crippen molar-refractivity contribution in [1.82, 2.24) is 15.0 Å². The molecule has 0 fully saturated rings. The van der Waals surface area contributed by atoms with Gasteiger partial charge in [0.25, 0.3) is 0 Å². The van der Waals surface area contributed by atoms with Crippen LogP contribution in [0.4, 0.5) is 0 Å². The molecule has 0 atom stereocenters. The molecule has 2 rings (SSSR count). The fourth-order valence-corrected chi connectivity index (χ4v) is 1.55. The van der Waals surface area contributed by atoms with Gasteiger partial charge in [-0.25, -0.2) is 4.68 Å². The Bertz CT molecular complexity index is 515. The van der Waals surface area contributed by atoms with Crippen molar-refractivity contribution in [2.75, 3.05) is 6.61 Å². The van der Waals surface area contributed by atoms with Gasteiger partial charge < -0.3 is 4.74 Å². The molecule has 0 N–H and O–H groups in total. The van der Waals surface area contributed by atoms with Gasteiger partial charge in [0.1, 0.15) is 5.69 Å². The Morgan fingerprint density at radius 1 is 1.28 bits per heavy atom. The predicted molar refractivity (Wildman–Crippen MR) is 65.5 cm³/mol. The minimum atomic E-state index is 0.399. The lowest BCUT2D eigenvalue weighted by Gasteiger charge is -1.99. The number of aromatic nitrogens is 3. The second kappa shape index (κ2) is 6.52. The highest BCUT2D eigenvalue weighted by Gasteiger charge is 2.01. The Labute approximate surface area is 106 Å². The van der Waals surface area contributed by atoms with Crippen LogP contribution in [0.2, 0.25) is 0 Å². The van der Waals surface area contributed by atoms with Crippen LogP contribution >= 0.6 is 0 Å². The first-order valence-electron chi connectivity index (χ1n) is 5.76. The molecule has 0 spiro atoms. The Hall–Kier alpha value is -2.19. The van der Waals surface area contributed by atoms with Crippen LogP contribution in [0.1, 0.15) is 17.7 Å². The first kappa shape index (κ1) is 12.3. The van der Waals surface area contributed by atoms with Crippen LogP contribution in [0.25, 0.3) is 0 Å². The molecule has 2 aromatic rings. The molecular formula is C13H14N4O. The van der Waals surface area contributed by atoms with Crippen LogP contribution in [0.5, 0.6) is 0 Å². The first-order valence-corrected chi connectivity index (χ1v) is 5.76. The molecular weight excluding hydrogens is 228 g/mol. The van der Waals surface area contributed by atoms with Crippen molar-refractivity contribution in [3.63, 3.8) is 0 Å². The van der Waals surface area contributed by atoms with E-state index in [1.165, 1.54) is 5.56 Å². The van der Waals surface area contributed by atoms with E-state index >= 15 is 0 Å². The highest BCUT2D eigenvalue weighted by atomic mass is 16.5.